The smallest absolute Gasteiger partial charge is 0.344 e. The summed E-state index contributed by atoms with van der Waals surface area (Å²) in [5.41, 5.74) is 1.38. The largest absolute Gasteiger partial charge is 0.469 e. The van der Waals surface area contributed by atoms with Crippen molar-refractivity contribution in [3.05, 3.63) is 29.4 Å². The van der Waals surface area contributed by atoms with E-state index in [0.717, 1.165) is 0 Å². The molecule has 0 unspecified atom stereocenters. The van der Waals surface area contributed by atoms with Crippen LogP contribution >= 0.6 is 11.6 Å². The summed E-state index contributed by atoms with van der Waals surface area (Å²) >= 11 is 5.81. The Morgan fingerprint density at radius 1 is 1.29 bits per heavy atom. The Morgan fingerprint density at radius 3 is 2.75 bits per heavy atom. The van der Waals surface area contributed by atoms with Crippen LogP contribution in [0.3, 0.4) is 0 Å². The number of aromatic nitrogens is 3. The van der Waals surface area contributed by atoms with Gasteiger partial charge in [0.2, 0.25) is 5.88 Å². The second kappa shape index (κ2) is 8.30. The lowest BCUT2D eigenvalue weighted by Crippen LogP contribution is -2.17. The Labute approximate surface area is 143 Å². The van der Waals surface area contributed by atoms with Gasteiger partial charge in [-0.15, -0.1) is 5.10 Å². The number of aryl methyl sites for hydroxylation is 1. The molecule has 0 amide bonds. The van der Waals surface area contributed by atoms with E-state index < -0.39 is 11.9 Å². The lowest BCUT2D eigenvalue weighted by Gasteiger charge is -2.04. The number of ether oxygens (including phenoxy) is 3. The van der Waals surface area contributed by atoms with Gasteiger partial charge in [-0.1, -0.05) is 11.6 Å². The van der Waals surface area contributed by atoms with Crippen LogP contribution in [0.25, 0.3) is 11.4 Å². The molecule has 0 saturated heterocycles. The summed E-state index contributed by atoms with van der Waals surface area (Å²) in [6.45, 7) is -0.372. The van der Waals surface area contributed by atoms with Gasteiger partial charge < -0.3 is 14.2 Å². The van der Waals surface area contributed by atoms with Gasteiger partial charge in [0.25, 0.3) is 0 Å². The predicted molar refractivity (Wildman–Crippen MR) is 84.5 cm³/mol. The maximum absolute atomic E-state index is 11.5. The highest BCUT2D eigenvalue weighted by molar-refractivity contribution is 6.30. The molecule has 0 aromatic carbocycles. The van der Waals surface area contributed by atoms with Crippen LogP contribution in [0.1, 0.15) is 6.42 Å². The SMILES string of the molecule is COC(=O)CCOC(=O)COc1cc(-c2ccc(Cl)cn2)n(C)n1. The topological polar surface area (TPSA) is 92.5 Å². The van der Waals surface area contributed by atoms with Crippen LogP contribution in [-0.2, 0) is 26.1 Å². The third kappa shape index (κ3) is 4.95. The first-order valence-electron chi connectivity index (χ1n) is 7.01. The van der Waals surface area contributed by atoms with Gasteiger partial charge in [0.15, 0.2) is 6.61 Å². The molecule has 0 saturated carbocycles. The van der Waals surface area contributed by atoms with Crippen molar-refractivity contribution in [3.63, 3.8) is 0 Å². The van der Waals surface area contributed by atoms with Crippen LogP contribution in [0.4, 0.5) is 0 Å². The van der Waals surface area contributed by atoms with Crippen LogP contribution in [0.2, 0.25) is 5.02 Å². The van der Waals surface area contributed by atoms with E-state index in [-0.39, 0.29) is 25.5 Å². The number of esters is 2. The standard InChI is InChI=1S/C15H16ClN3O5/c1-19-12(11-4-3-10(16)8-17-11)7-13(18-19)24-9-15(21)23-6-5-14(20)22-2/h3-4,7-8H,5-6,9H2,1-2H3. The van der Waals surface area contributed by atoms with Crippen LogP contribution < -0.4 is 4.74 Å². The number of nitrogens with zero attached hydrogens (tertiary/aromatic N) is 3. The second-order valence-electron chi connectivity index (χ2n) is 4.69. The molecule has 0 aliphatic carbocycles. The first-order valence-corrected chi connectivity index (χ1v) is 7.38. The van der Waals surface area contributed by atoms with E-state index in [1.54, 1.807) is 29.9 Å². The Hall–Kier alpha value is -2.61. The summed E-state index contributed by atoms with van der Waals surface area (Å²) in [6.07, 6.45) is 1.53. The monoisotopic (exact) mass is 353 g/mol. The highest BCUT2D eigenvalue weighted by Gasteiger charge is 2.12. The van der Waals surface area contributed by atoms with Crippen molar-refractivity contribution in [2.24, 2.45) is 7.05 Å². The molecule has 0 radical (unpaired) electrons. The highest BCUT2D eigenvalue weighted by atomic mass is 35.5. The number of pyridine rings is 1. The van der Waals surface area contributed by atoms with Gasteiger partial charge in [-0.25, -0.2) is 4.79 Å². The van der Waals surface area contributed by atoms with Gasteiger partial charge >= 0.3 is 11.9 Å². The molecule has 0 bridgehead atoms. The molecule has 8 nitrogen and oxygen atoms in total. The summed E-state index contributed by atoms with van der Waals surface area (Å²) in [5, 5.41) is 4.68. The zero-order chi connectivity index (χ0) is 17.5. The summed E-state index contributed by atoms with van der Waals surface area (Å²) in [6, 6.07) is 5.12. The Kier molecular flexibility index (Phi) is 6.14. The number of hydrogen-bond acceptors (Lipinski definition) is 7. The van der Waals surface area contributed by atoms with Crippen molar-refractivity contribution in [1.29, 1.82) is 0 Å². The van der Waals surface area contributed by atoms with E-state index >= 15 is 0 Å². The summed E-state index contributed by atoms with van der Waals surface area (Å²) in [4.78, 5) is 26.6. The molecule has 0 aliphatic heterocycles. The summed E-state index contributed by atoms with van der Waals surface area (Å²) in [5.74, 6) is -0.793. The molecule has 2 heterocycles. The van der Waals surface area contributed by atoms with Gasteiger partial charge in [0.05, 0.1) is 29.9 Å². The van der Waals surface area contributed by atoms with Crippen LogP contribution in [0, 0.1) is 0 Å². The Morgan fingerprint density at radius 2 is 2.08 bits per heavy atom. The van der Waals surface area contributed by atoms with Crippen molar-refractivity contribution < 1.29 is 23.8 Å². The molecule has 128 valence electrons. The fraction of sp³-hybridized carbons (Fsp3) is 0.333. The average Bonchev–Trinajstić information content (AvgIpc) is 2.94. The molecule has 0 atom stereocenters. The fourth-order valence-corrected chi connectivity index (χ4v) is 1.92. The number of carbonyl (C=O) groups excluding carboxylic acids is 2. The van der Waals surface area contributed by atoms with Crippen LogP contribution in [0.15, 0.2) is 24.4 Å². The maximum atomic E-state index is 11.5. The van der Waals surface area contributed by atoms with Crippen molar-refractivity contribution in [2.45, 2.75) is 6.42 Å². The minimum absolute atomic E-state index is 0.00177. The molecule has 24 heavy (non-hydrogen) atoms. The molecular formula is C15H16ClN3O5. The number of hydrogen-bond donors (Lipinski definition) is 0. The molecule has 0 aliphatic rings. The van der Waals surface area contributed by atoms with E-state index in [9.17, 15) is 9.59 Å². The van der Waals surface area contributed by atoms with Crippen molar-refractivity contribution in [3.8, 4) is 17.3 Å². The molecule has 0 spiro atoms. The quantitative estimate of drug-likeness (QED) is 0.698. The van der Waals surface area contributed by atoms with E-state index in [2.05, 4.69) is 14.8 Å². The van der Waals surface area contributed by atoms with E-state index in [1.807, 2.05) is 0 Å². The Balaban J connectivity index is 1.87. The second-order valence-corrected chi connectivity index (χ2v) is 5.12. The lowest BCUT2D eigenvalue weighted by atomic mass is 10.3. The summed E-state index contributed by atoms with van der Waals surface area (Å²) in [7, 11) is 2.99. The number of halogens is 1. The summed E-state index contributed by atoms with van der Waals surface area (Å²) < 4.78 is 16.1. The number of methoxy groups -OCH3 is 1. The molecule has 2 rings (SSSR count). The van der Waals surface area contributed by atoms with Crippen molar-refractivity contribution in [1.82, 2.24) is 14.8 Å². The Bertz CT molecular complexity index is 714. The van der Waals surface area contributed by atoms with Crippen molar-refractivity contribution >= 4 is 23.5 Å². The van der Waals surface area contributed by atoms with E-state index in [4.69, 9.17) is 21.1 Å². The lowest BCUT2D eigenvalue weighted by molar-refractivity contribution is -0.149. The van der Waals surface area contributed by atoms with Crippen molar-refractivity contribution in [2.75, 3.05) is 20.3 Å². The van der Waals surface area contributed by atoms with Crippen LogP contribution in [-0.4, -0.2) is 47.0 Å². The third-order valence-electron chi connectivity index (χ3n) is 2.98. The normalized spacial score (nSPS) is 10.3. The molecule has 2 aromatic rings. The zero-order valence-electron chi connectivity index (χ0n) is 13.2. The fourth-order valence-electron chi connectivity index (χ4n) is 1.80. The molecule has 0 fully saturated rings. The number of carbonyl (C=O) groups is 2. The average molecular weight is 354 g/mol. The molecule has 2 aromatic heterocycles. The highest BCUT2D eigenvalue weighted by Crippen LogP contribution is 2.22. The maximum Gasteiger partial charge on any atom is 0.344 e. The van der Waals surface area contributed by atoms with Gasteiger partial charge in [0, 0.05) is 19.3 Å². The third-order valence-corrected chi connectivity index (χ3v) is 3.21. The van der Waals surface area contributed by atoms with Gasteiger partial charge in [-0.3, -0.25) is 14.5 Å². The molecule has 0 N–H and O–H groups in total. The van der Waals surface area contributed by atoms with E-state index in [1.165, 1.54) is 13.3 Å². The van der Waals surface area contributed by atoms with E-state index in [0.29, 0.717) is 16.4 Å². The molecular weight excluding hydrogens is 338 g/mol. The first kappa shape index (κ1) is 17.7. The minimum atomic E-state index is -0.601. The molecule has 9 heteroatoms. The zero-order valence-corrected chi connectivity index (χ0v) is 13.9. The number of rotatable bonds is 7. The van der Waals surface area contributed by atoms with Gasteiger partial charge in [-0.05, 0) is 12.1 Å². The predicted octanol–water partition coefficient (Wildman–Crippen LogP) is 1.62. The van der Waals surface area contributed by atoms with Crippen LogP contribution in [0.5, 0.6) is 5.88 Å². The minimum Gasteiger partial charge on any atom is -0.469 e. The van der Waals surface area contributed by atoms with Gasteiger partial charge in [-0.2, -0.15) is 0 Å². The first-order chi connectivity index (χ1) is 11.5. The van der Waals surface area contributed by atoms with Gasteiger partial charge in [0.1, 0.15) is 6.61 Å².